The van der Waals surface area contributed by atoms with Gasteiger partial charge in [0, 0.05) is 6.04 Å². The van der Waals surface area contributed by atoms with Crippen molar-refractivity contribution in [2.75, 3.05) is 5.32 Å². The van der Waals surface area contributed by atoms with Gasteiger partial charge in [-0.25, -0.2) is 4.39 Å². The molecule has 0 unspecified atom stereocenters. The van der Waals surface area contributed by atoms with Gasteiger partial charge in [-0.1, -0.05) is 0 Å². The smallest absolute Gasteiger partial charge is 0.379 e. The summed E-state index contributed by atoms with van der Waals surface area (Å²) in [7, 11) is 0. The molecule has 0 aliphatic heterocycles. The van der Waals surface area contributed by atoms with Crippen LogP contribution in [0.3, 0.4) is 0 Å². The Morgan fingerprint density at radius 3 is 2.05 bits per heavy atom. The van der Waals surface area contributed by atoms with Crippen LogP contribution in [0.15, 0.2) is 18.2 Å². The Bertz CT molecular complexity index is 463. The zero-order chi connectivity index (χ0) is 13.6. The van der Waals surface area contributed by atoms with E-state index in [0.29, 0.717) is 17.9 Å². The molecule has 5 heteroatoms. The maximum atomic E-state index is 13.7. The molecule has 2 saturated carbocycles. The van der Waals surface area contributed by atoms with E-state index in [-0.39, 0.29) is 11.7 Å². The van der Waals surface area contributed by atoms with Gasteiger partial charge >= 0.3 is 6.18 Å². The number of hydrogen-bond donors (Lipinski definition) is 1. The fourth-order valence-corrected chi connectivity index (χ4v) is 2.52. The van der Waals surface area contributed by atoms with Crippen LogP contribution in [0, 0.1) is 17.7 Å². The molecule has 1 aromatic carbocycles. The third-order valence-electron chi connectivity index (χ3n) is 3.88. The van der Waals surface area contributed by atoms with Crippen molar-refractivity contribution in [3.8, 4) is 0 Å². The summed E-state index contributed by atoms with van der Waals surface area (Å²) in [5.41, 5.74) is -0.748. The molecule has 0 bridgehead atoms. The Morgan fingerprint density at radius 1 is 1.05 bits per heavy atom. The summed E-state index contributed by atoms with van der Waals surface area (Å²) in [5, 5.41) is 3.11. The Morgan fingerprint density at radius 2 is 1.63 bits per heavy atom. The van der Waals surface area contributed by atoms with Gasteiger partial charge in [-0.2, -0.15) is 13.2 Å². The molecular formula is C14H15F4N. The van der Waals surface area contributed by atoms with Crippen molar-refractivity contribution in [1.29, 1.82) is 0 Å². The molecule has 2 aliphatic rings. The maximum Gasteiger partial charge on any atom is 0.416 e. The second-order valence-corrected chi connectivity index (χ2v) is 5.54. The Kier molecular flexibility index (Phi) is 2.95. The lowest BCUT2D eigenvalue weighted by Crippen LogP contribution is -2.24. The number of benzene rings is 1. The average molecular weight is 273 g/mol. The van der Waals surface area contributed by atoms with E-state index in [4.69, 9.17) is 0 Å². The third-order valence-corrected chi connectivity index (χ3v) is 3.88. The van der Waals surface area contributed by atoms with Crippen molar-refractivity contribution >= 4 is 5.69 Å². The molecule has 0 heterocycles. The number of rotatable bonds is 4. The van der Waals surface area contributed by atoms with E-state index in [9.17, 15) is 17.6 Å². The quantitative estimate of drug-likeness (QED) is 0.799. The molecule has 2 aliphatic carbocycles. The normalized spacial score (nSPS) is 19.8. The number of halogens is 4. The number of hydrogen-bond acceptors (Lipinski definition) is 1. The van der Waals surface area contributed by atoms with Crippen molar-refractivity contribution < 1.29 is 17.6 Å². The molecule has 1 aromatic rings. The summed E-state index contributed by atoms with van der Waals surface area (Å²) in [6.45, 7) is 0. The molecular weight excluding hydrogens is 258 g/mol. The van der Waals surface area contributed by atoms with Crippen LogP contribution >= 0.6 is 0 Å². The van der Waals surface area contributed by atoms with Crippen molar-refractivity contribution in [1.82, 2.24) is 0 Å². The number of alkyl halides is 3. The van der Waals surface area contributed by atoms with E-state index < -0.39 is 17.6 Å². The predicted molar refractivity (Wildman–Crippen MR) is 64.3 cm³/mol. The van der Waals surface area contributed by atoms with Gasteiger partial charge in [0.2, 0.25) is 0 Å². The van der Waals surface area contributed by atoms with Crippen molar-refractivity contribution in [2.24, 2.45) is 11.8 Å². The molecule has 0 saturated heterocycles. The van der Waals surface area contributed by atoms with Crippen LogP contribution in [-0.4, -0.2) is 6.04 Å². The van der Waals surface area contributed by atoms with Gasteiger partial charge in [0.1, 0.15) is 5.82 Å². The first-order valence-corrected chi connectivity index (χ1v) is 6.58. The summed E-state index contributed by atoms with van der Waals surface area (Å²) in [6, 6.07) is 2.93. The molecule has 0 amide bonds. The zero-order valence-electron chi connectivity index (χ0n) is 10.3. The maximum absolute atomic E-state index is 13.7. The minimum absolute atomic E-state index is 0.191. The van der Waals surface area contributed by atoms with Crippen LogP contribution < -0.4 is 5.32 Å². The Balaban J connectivity index is 1.77. The fourth-order valence-electron chi connectivity index (χ4n) is 2.52. The van der Waals surface area contributed by atoms with Crippen molar-refractivity contribution in [3.05, 3.63) is 29.6 Å². The molecule has 19 heavy (non-hydrogen) atoms. The molecule has 0 aromatic heterocycles. The Hall–Kier alpha value is -1.26. The second kappa shape index (κ2) is 4.39. The van der Waals surface area contributed by atoms with E-state index in [2.05, 4.69) is 5.32 Å². The minimum Gasteiger partial charge on any atom is -0.379 e. The lowest BCUT2D eigenvalue weighted by molar-refractivity contribution is -0.137. The van der Waals surface area contributed by atoms with Crippen LogP contribution in [0.4, 0.5) is 23.2 Å². The fraction of sp³-hybridized carbons (Fsp3) is 0.571. The average Bonchev–Trinajstić information content (AvgIpc) is 3.19. The van der Waals surface area contributed by atoms with Gasteiger partial charge in [-0.3, -0.25) is 0 Å². The van der Waals surface area contributed by atoms with Crippen LogP contribution in [0.1, 0.15) is 31.2 Å². The molecule has 0 atom stereocenters. The van der Waals surface area contributed by atoms with Gasteiger partial charge in [0.15, 0.2) is 0 Å². The second-order valence-electron chi connectivity index (χ2n) is 5.54. The van der Waals surface area contributed by atoms with E-state index in [1.54, 1.807) is 0 Å². The van der Waals surface area contributed by atoms with Gasteiger partial charge in [-0.15, -0.1) is 0 Å². The summed E-state index contributed by atoms with van der Waals surface area (Å²) >= 11 is 0. The molecule has 1 N–H and O–H groups in total. The van der Waals surface area contributed by atoms with E-state index in [0.717, 1.165) is 31.7 Å². The summed E-state index contributed by atoms with van der Waals surface area (Å²) in [6.07, 6.45) is 0.0471. The first-order chi connectivity index (χ1) is 8.95. The summed E-state index contributed by atoms with van der Waals surface area (Å²) in [5.74, 6) is 0.310. The van der Waals surface area contributed by atoms with Crippen LogP contribution in [0.2, 0.25) is 0 Å². The minimum atomic E-state index is -4.49. The van der Waals surface area contributed by atoms with Crippen LogP contribution in [0.5, 0.6) is 0 Å². The van der Waals surface area contributed by atoms with Gasteiger partial charge < -0.3 is 5.32 Å². The first-order valence-electron chi connectivity index (χ1n) is 6.58. The van der Waals surface area contributed by atoms with Gasteiger partial charge in [-0.05, 0) is 55.7 Å². The predicted octanol–water partition coefficient (Wildman–Crippen LogP) is 4.45. The highest BCUT2D eigenvalue weighted by Crippen LogP contribution is 2.46. The number of anilines is 1. The van der Waals surface area contributed by atoms with Crippen LogP contribution in [0.25, 0.3) is 0 Å². The van der Waals surface area contributed by atoms with E-state index in [1.807, 2.05) is 0 Å². The highest BCUT2D eigenvalue weighted by molar-refractivity contribution is 5.48. The SMILES string of the molecule is Fc1cc(C(F)(F)F)ccc1NC(C1CC1)C1CC1. The van der Waals surface area contributed by atoms with Crippen molar-refractivity contribution in [2.45, 2.75) is 37.9 Å². The van der Waals surface area contributed by atoms with E-state index >= 15 is 0 Å². The largest absolute Gasteiger partial charge is 0.416 e. The summed E-state index contributed by atoms with van der Waals surface area (Å²) < 4.78 is 51.1. The summed E-state index contributed by atoms with van der Waals surface area (Å²) in [4.78, 5) is 0. The van der Waals surface area contributed by atoms with Crippen molar-refractivity contribution in [3.63, 3.8) is 0 Å². The van der Waals surface area contributed by atoms with Crippen LogP contribution in [-0.2, 0) is 6.18 Å². The first kappa shape index (κ1) is 12.8. The highest BCUT2D eigenvalue weighted by atomic mass is 19.4. The standard InChI is InChI=1S/C14H15F4N/c15-11-7-10(14(16,17)18)5-6-12(11)19-13(8-1-2-8)9-3-4-9/h5-9,13,19H,1-4H2. The highest BCUT2D eigenvalue weighted by Gasteiger charge is 2.41. The lowest BCUT2D eigenvalue weighted by Gasteiger charge is -2.20. The Labute approximate surface area is 109 Å². The van der Waals surface area contributed by atoms with Gasteiger partial charge in [0.25, 0.3) is 0 Å². The lowest BCUT2D eigenvalue weighted by atomic mass is 10.1. The number of nitrogens with one attached hydrogen (secondary N) is 1. The molecule has 0 radical (unpaired) electrons. The molecule has 3 rings (SSSR count). The zero-order valence-corrected chi connectivity index (χ0v) is 10.3. The van der Waals surface area contributed by atoms with E-state index in [1.165, 1.54) is 6.07 Å². The monoisotopic (exact) mass is 273 g/mol. The topological polar surface area (TPSA) is 12.0 Å². The molecule has 104 valence electrons. The van der Waals surface area contributed by atoms with Gasteiger partial charge in [0.05, 0.1) is 11.3 Å². The molecule has 2 fully saturated rings. The molecule has 0 spiro atoms. The molecule has 1 nitrogen and oxygen atoms in total. The third kappa shape index (κ3) is 2.85.